The molecule has 37 heavy (non-hydrogen) atoms. The van der Waals surface area contributed by atoms with Crippen LogP contribution in [0.5, 0.6) is 5.75 Å². The van der Waals surface area contributed by atoms with E-state index in [0.717, 1.165) is 22.4 Å². The summed E-state index contributed by atoms with van der Waals surface area (Å²) in [4.78, 5) is 25.9. The molecule has 0 unspecified atom stereocenters. The minimum atomic E-state index is -2.66. The van der Waals surface area contributed by atoms with E-state index in [1.807, 2.05) is 67.8 Å². The smallest absolute Gasteiger partial charge is 0.305 e. The molecule has 2 aromatic carbocycles. The number of amides is 1. The number of rotatable bonds is 6. The molecule has 0 aliphatic rings. The fourth-order valence-electron chi connectivity index (χ4n) is 3.86. The summed E-state index contributed by atoms with van der Waals surface area (Å²) in [6.45, 7) is -0.00571. The van der Waals surface area contributed by atoms with E-state index in [1.165, 1.54) is 12.5 Å². The Morgan fingerprint density at radius 1 is 0.946 bits per heavy atom. The van der Waals surface area contributed by atoms with Gasteiger partial charge < -0.3 is 4.74 Å². The average molecular weight is 513 g/mol. The quantitative estimate of drug-likeness (QED) is 0.328. The van der Waals surface area contributed by atoms with Crippen molar-refractivity contribution in [3.63, 3.8) is 0 Å². The highest BCUT2D eigenvalue weighted by atomic mass is 32.2. The van der Waals surface area contributed by atoms with E-state index >= 15 is 0 Å². The molecule has 0 fully saturated rings. The van der Waals surface area contributed by atoms with E-state index in [-0.39, 0.29) is 12.3 Å². The molecule has 9 nitrogen and oxygen atoms in total. The standard InChI is InChI=1S/C27H24N6O3S/c1-33-16-21(18-12-14-28-15-13-18)25(31-33)19-8-10-20(11-9-19)36-17-24-26(27(34)32-37(2,3)35)30-23-7-5-4-6-22(23)29-24/h4-16H,17H2,1-3H3. The monoisotopic (exact) mass is 512 g/mol. The van der Waals surface area contributed by atoms with Crippen molar-refractivity contribution in [2.24, 2.45) is 11.4 Å². The van der Waals surface area contributed by atoms with E-state index in [2.05, 4.69) is 24.4 Å². The molecule has 3 heterocycles. The van der Waals surface area contributed by atoms with Crippen LogP contribution in [-0.4, -0.2) is 47.4 Å². The maximum Gasteiger partial charge on any atom is 0.305 e. The molecule has 0 saturated heterocycles. The highest BCUT2D eigenvalue weighted by Gasteiger charge is 2.18. The lowest BCUT2D eigenvalue weighted by Crippen LogP contribution is -2.12. The molecule has 186 valence electrons. The lowest BCUT2D eigenvalue weighted by Gasteiger charge is -2.10. The van der Waals surface area contributed by atoms with E-state index in [9.17, 15) is 9.00 Å². The zero-order valence-electron chi connectivity index (χ0n) is 20.5. The van der Waals surface area contributed by atoms with Crippen molar-refractivity contribution in [1.29, 1.82) is 0 Å². The summed E-state index contributed by atoms with van der Waals surface area (Å²) in [5.74, 6) is -0.0915. The van der Waals surface area contributed by atoms with Crippen LogP contribution < -0.4 is 4.74 Å². The molecule has 3 aromatic heterocycles. The number of ether oxygens (including phenoxy) is 1. The second-order valence-electron chi connectivity index (χ2n) is 8.70. The number of carbonyl (C=O) groups excluding carboxylic acids is 1. The van der Waals surface area contributed by atoms with Crippen LogP contribution in [0.3, 0.4) is 0 Å². The van der Waals surface area contributed by atoms with Crippen molar-refractivity contribution in [1.82, 2.24) is 24.7 Å². The first-order valence-electron chi connectivity index (χ1n) is 11.4. The Labute approximate surface area is 214 Å². The van der Waals surface area contributed by atoms with Gasteiger partial charge in [0.05, 0.1) is 11.0 Å². The third kappa shape index (κ3) is 5.54. The third-order valence-corrected chi connectivity index (χ3v) is 6.08. The summed E-state index contributed by atoms with van der Waals surface area (Å²) >= 11 is 0. The minimum Gasteiger partial charge on any atom is -0.487 e. The van der Waals surface area contributed by atoms with Gasteiger partial charge >= 0.3 is 5.91 Å². The van der Waals surface area contributed by atoms with Crippen LogP contribution >= 0.6 is 0 Å². The van der Waals surface area contributed by atoms with Crippen LogP contribution in [0, 0.1) is 0 Å². The molecule has 10 heteroatoms. The van der Waals surface area contributed by atoms with Crippen molar-refractivity contribution >= 4 is 26.7 Å². The number of benzene rings is 2. The summed E-state index contributed by atoms with van der Waals surface area (Å²) in [6, 6.07) is 18.7. The maximum absolute atomic E-state index is 12.8. The van der Waals surface area contributed by atoms with Gasteiger partial charge in [0.15, 0.2) is 5.69 Å². The van der Waals surface area contributed by atoms with Gasteiger partial charge in [0.25, 0.3) is 0 Å². The van der Waals surface area contributed by atoms with Crippen molar-refractivity contribution in [2.75, 3.05) is 12.5 Å². The molecule has 1 amide bonds. The first kappa shape index (κ1) is 24.3. The first-order valence-corrected chi connectivity index (χ1v) is 13.7. The summed E-state index contributed by atoms with van der Waals surface area (Å²) in [5, 5.41) is 4.64. The fraction of sp³-hybridized carbons (Fsp3) is 0.148. The second-order valence-corrected chi connectivity index (χ2v) is 11.2. The second kappa shape index (κ2) is 9.90. The number of para-hydroxylation sites is 2. The lowest BCUT2D eigenvalue weighted by molar-refractivity contribution is 0.0997. The molecule has 5 aromatic rings. The highest BCUT2D eigenvalue weighted by Crippen LogP contribution is 2.31. The fourth-order valence-corrected chi connectivity index (χ4v) is 4.34. The van der Waals surface area contributed by atoms with Crippen LogP contribution in [0.15, 0.2) is 83.6 Å². The van der Waals surface area contributed by atoms with Crippen LogP contribution in [0.2, 0.25) is 0 Å². The summed E-state index contributed by atoms with van der Waals surface area (Å²) < 4.78 is 23.7. The number of aryl methyl sites for hydroxylation is 1. The first-order chi connectivity index (χ1) is 17.8. The Morgan fingerprint density at radius 2 is 1.62 bits per heavy atom. The Hall–Kier alpha value is -4.44. The SMILES string of the molecule is Cn1cc(-c2ccncc2)c(-c2ccc(OCc3nc4ccccc4nc3C(=O)N=S(C)(C)=O)cc2)n1. The Kier molecular flexibility index (Phi) is 6.49. The lowest BCUT2D eigenvalue weighted by atomic mass is 10.0. The zero-order valence-corrected chi connectivity index (χ0v) is 21.3. The Morgan fingerprint density at radius 3 is 2.30 bits per heavy atom. The summed E-state index contributed by atoms with van der Waals surface area (Å²) in [5.41, 5.74) is 5.33. The molecule has 0 saturated carbocycles. The van der Waals surface area contributed by atoms with Gasteiger partial charge in [-0.3, -0.25) is 14.5 Å². The number of nitrogens with zero attached hydrogens (tertiary/aromatic N) is 6. The maximum atomic E-state index is 12.8. The molecule has 0 aliphatic carbocycles. The summed E-state index contributed by atoms with van der Waals surface area (Å²) in [6.07, 6.45) is 8.29. The van der Waals surface area contributed by atoms with E-state index in [4.69, 9.17) is 4.74 Å². The van der Waals surface area contributed by atoms with Gasteiger partial charge in [0, 0.05) is 59.0 Å². The van der Waals surface area contributed by atoms with Crippen molar-refractivity contribution in [3.05, 3.63) is 90.6 Å². The van der Waals surface area contributed by atoms with Crippen LogP contribution in [-0.2, 0) is 23.4 Å². The number of fused-ring (bicyclic) bond motifs is 1. The summed E-state index contributed by atoms with van der Waals surface area (Å²) in [7, 11) is -0.770. The molecule has 0 atom stereocenters. The van der Waals surface area contributed by atoms with Crippen molar-refractivity contribution in [2.45, 2.75) is 6.61 Å². The van der Waals surface area contributed by atoms with Crippen LogP contribution in [0.25, 0.3) is 33.4 Å². The zero-order chi connectivity index (χ0) is 26.0. The van der Waals surface area contributed by atoms with Gasteiger partial charge in [-0.1, -0.05) is 12.1 Å². The predicted molar refractivity (Wildman–Crippen MR) is 142 cm³/mol. The van der Waals surface area contributed by atoms with Crippen LogP contribution in [0.4, 0.5) is 0 Å². The molecule has 0 radical (unpaired) electrons. The van der Waals surface area contributed by atoms with Gasteiger partial charge in [0.2, 0.25) is 0 Å². The Bertz CT molecular complexity index is 1710. The van der Waals surface area contributed by atoms with E-state index in [0.29, 0.717) is 22.5 Å². The molecular formula is C27H24N6O3S. The normalized spacial score (nSPS) is 11.4. The molecule has 0 N–H and O–H groups in total. The topological polar surface area (TPSA) is 112 Å². The third-order valence-electron chi connectivity index (χ3n) is 5.47. The molecule has 0 aliphatic heterocycles. The predicted octanol–water partition coefficient (Wildman–Crippen LogP) is 4.54. The van der Waals surface area contributed by atoms with Gasteiger partial charge in [0.1, 0.15) is 23.7 Å². The highest BCUT2D eigenvalue weighted by molar-refractivity contribution is 7.92. The number of aromatic nitrogens is 5. The van der Waals surface area contributed by atoms with Gasteiger partial charge in [-0.05, 0) is 54.1 Å². The molecular weight excluding hydrogens is 488 g/mol. The number of pyridine rings is 1. The molecule has 0 spiro atoms. The largest absolute Gasteiger partial charge is 0.487 e. The molecule has 5 rings (SSSR count). The number of carbonyl (C=O) groups is 1. The van der Waals surface area contributed by atoms with E-state index < -0.39 is 15.6 Å². The molecule has 0 bridgehead atoms. The van der Waals surface area contributed by atoms with Gasteiger partial charge in [-0.2, -0.15) is 9.46 Å². The van der Waals surface area contributed by atoms with Gasteiger partial charge in [-0.15, -0.1) is 0 Å². The average Bonchev–Trinajstić information content (AvgIpc) is 3.28. The minimum absolute atomic E-state index is 0.00571. The van der Waals surface area contributed by atoms with Crippen molar-refractivity contribution < 1.29 is 13.7 Å². The number of hydrogen-bond acceptors (Lipinski definition) is 7. The number of hydrogen-bond donors (Lipinski definition) is 0. The van der Waals surface area contributed by atoms with Crippen LogP contribution in [0.1, 0.15) is 16.2 Å². The van der Waals surface area contributed by atoms with Gasteiger partial charge in [-0.25, -0.2) is 14.2 Å². The van der Waals surface area contributed by atoms with E-state index in [1.54, 1.807) is 23.1 Å². The van der Waals surface area contributed by atoms with Crippen molar-refractivity contribution in [3.8, 4) is 28.1 Å². The Balaban J connectivity index is 1.42.